The van der Waals surface area contributed by atoms with Crippen LogP contribution in [0.15, 0.2) is 16.6 Å². The van der Waals surface area contributed by atoms with Crippen molar-refractivity contribution in [1.29, 1.82) is 0 Å². The second-order valence-corrected chi connectivity index (χ2v) is 3.91. The first kappa shape index (κ1) is 13.1. The van der Waals surface area contributed by atoms with Crippen molar-refractivity contribution >= 4 is 29.3 Å². The van der Waals surface area contributed by atoms with E-state index < -0.39 is 41.0 Å². The Bertz CT molecular complexity index is 613. The first-order valence-corrected chi connectivity index (χ1v) is 4.99. The molecule has 0 unspecified atom stereocenters. The Morgan fingerprint density at radius 3 is 2.37 bits per heavy atom. The number of alkyl halides is 3. The fraction of sp³-hybridized carbons (Fsp3) is 0.300. The minimum atomic E-state index is -4.86. The number of nitrogens with zero attached hydrogens (tertiary/aromatic N) is 3. The van der Waals surface area contributed by atoms with Gasteiger partial charge in [-0.15, -0.1) is 0 Å². The maximum atomic E-state index is 12.9. The van der Waals surface area contributed by atoms with Gasteiger partial charge in [-0.25, -0.2) is 4.79 Å². The molecule has 4 amide bonds. The SMILES string of the molecule is CN1C(=O)C2=NC(=O)C=C(C(F)(F)F)C2=[N+](C)C1=O. The summed E-state index contributed by atoms with van der Waals surface area (Å²) in [5, 5.41) is 0. The Balaban J connectivity index is 2.75. The summed E-state index contributed by atoms with van der Waals surface area (Å²) in [6, 6.07) is -0.927. The highest BCUT2D eigenvalue weighted by Gasteiger charge is 2.51. The smallest absolute Gasteiger partial charge is 0.267 e. The minimum Gasteiger partial charge on any atom is -0.267 e. The van der Waals surface area contributed by atoms with Crippen LogP contribution in [0.5, 0.6) is 0 Å². The van der Waals surface area contributed by atoms with Gasteiger partial charge in [-0.3, -0.25) is 4.79 Å². The number of aliphatic imine (C=N–C) groups is 1. The van der Waals surface area contributed by atoms with Gasteiger partial charge in [0.25, 0.3) is 5.91 Å². The standard InChI is InChI=1S/C10H7F3N3O3/c1-15-7-4(10(11,12)13)3-5(17)14-6(7)8(18)16(2)9(15)19/h3H,1-2H3/q+1. The van der Waals surface area contributed by atoms with Crippen molar-refractivity contribution in [3.8, 4) is 0 Å². The number of allylic oxidation sites excluding steroid dienone is 1. The van der Waals surface area contributed by atoms with Crippen LogP contribution in [-0.2, 0) is 9.59 Å². The van der Waals surface area contributed by atoms with Gasteiger partial charge in [0.1, 0.15) is 5.57 Å². The van der Waals surface area contributed by atoms with E-state index in [0.717, 1.165) is 14.1 Å². The molecule has 0 aromatic rings. The number of imide groups is 1. The molecular formula is C10H7F3N3O3+. The number of carbonyl (C=O) groups excluding carboxylic acids is 3. The number of dihydropyridines is 1. The van der Waals surface area contributed by atoms with E-state index in [1.807, 2.05) is 0 Å². The summed E-state index contributed by atoms with van der Waals surface area (Å²) in [5.41, 5.74) is -2.72. The number of rotatable bonds is 0. The summed E-state index contributed by atoms with van der Waals surface area (Å²) in [6.07, 6.45) is -4.60. The molecule has 0 bridgehead atoms. The van der Waals surface area contributed by atoms with E-state index in [4.69, 9.17) is 0 Å². The first-order valence-electron chi connectivity index (χ1n) is 4.99. The molecule has 0 spiro atoms. The molecule has 2 heterocycles. The van der Waals surface area contributed by atoms with Crippen LogP contribution >= 0.6 is 0 Å². The Morgan fingerprint density at radius 1 is 1.26 bits per heavy atom. The normalized spacial score (nSPS) is 20.5. The topological polar surface area (TPSA) is 69.8 Å². The molecule has 19 heavy (non-hydrogen) atoms. The summed E-state index contributed by atoms with van der Waals surface area (Å²) < 4.78 is 39.2. The van der Waals surface area contributed by atoms with E-state index in [9.17, 15) is 27.6 Å². The van der Waals surface area contributed by atoms with E-state index >= 15 is 0 Å². The third-order valence-electron chi connectivity index (χ3n) is 2.69. The summed E-state index contributed by atoms with van der Waals surface area (Å²) >= 11 is 0. The van der Waals surface area contributed by atoms with Crippen LogP contribution in [-0.4, -0.2) is 59.0 Å². The predicted octanol–water partition coefficient (Wildman–Crippen LogP) is 0.132. The van der Waals surface area contributed by atoms with E-state index in [-0.39, 0.29) is 6.08 Å². The molecule has 100 valence electrons. The van der Waals surface area contributed by atoms with Gasteiger partial charge in [0.15, 0.2) is 5.71 Å². The average Bonchev–Trinajstić information content (AvgIpc) is 2.31. The van der Waals surface area contributed by atoms with Crippen molar-refractivity contribution in [3.05, 3.63) is 11.6 Å². The number of hydrogen-bond acceptors (Lipinski definition) is 3. The van der Waals surface area contributed by atoms with E-state index in [2.05, 4.69) is 4.99 Å². The van der Waals surface area contributed by atoms with Gasteiger partial charge in [-0.05, 0) is 0 Å². The Labute approximate surface area is 104 Å². The molecule has 2 aliphatic rings. The third-order valence-corrected chi connectivity index (χ3v) is 2.69. The minimum absolute atomic E-state index is 0.265. The van der Waals surface area contributed by atoms with Gasteiger partial charge in [0.2, 0.25) is 5.71 Å². The second-order valence-electron chi connectivity index (χ2n) is 3.91. The fourth-order valence-corrected chi connectivity index (χ4v) is 1.79. The second kappa shape index (κ2) is 3.84. The summed E-state index contributed by atoms with van der Waals surface area (Å²) in [4.78, 5) is 38.4. The number of hydrogen-bond donors (Lipinski definition) is 0. The number of urea groups is 1. The lowest BCUT2D eigenvalue weighted by molar-refractivity contribution is -0.400. The van der Waals surface area contributed by atoms with Gasteiger partial charge in [-0.1, -0.05) is 0 Å². The average molecular weight is 274 g/mol. The Kier molecular flexibility index (Phi) is 2.65. The molecule has 6 nitrogen and oxygen atoms in total. The molecule has 0 saturated heterocycles. The van der Waals surface area contributed by atoms with E-state index in [0.29, 0.717) is 9.48 Å². The van der Waals surface area contributed by atoms with Crippen LogP contribution in [0.2, 0.25) is 0 Å². The van der Waals surface area contributed by atoms with Crippen molar-refractivity contribution in [2.24, 2.45) is 4.99 Å². The van der Waals surface area contributed by atoms with Crippen molar-refractivity contribution in [1.82, 2.24) is 4.90 Å². The van der Waals surface area contributed by atoms with Gasteiger partial charge >= 0.3 is 18.1 Å². The summed E-state index contributed by atoms with van der Waals surface area (Å²) in [5.74, 6) is -2.23. The monoisotopic (exact) mass is 274 g/mol. The van der Waals surface area contributed by atoms with Crippen LogP contribution < -0.4 is 0 Å². The zero-order valence-corrected chi connectivity index (χ0v) is 9.78. The number of halogens is 3. The lowest BCUT2D eigenvalue weighted by Crippen LogP contribution is -2.55. The molecule has 0 aromatic carbocycles. The highest BCUT2D eigenvalue weighted by molar-refractivity contribution is 6.72. The number of carbonyl (C=O) groups is 3. The zero-order valence-electron chi connectivity index (χ0n) is 9.78. The number of amides is 4. The van der Waals surface area contributed by atoms with Crippen molar-refractivity contribution in [2.75, 3.05) is 14.1 Å². The summed E-state index contributed by atoms with van der Waals surface area (Å²) in [7, 11) is 2.17. The maximum Gasteiger partial charge on any atom is 0.501 e. The molecule has 0 radical (unpaired) electrons. The van der Waals surface area contributed by atoms with Gasteiger partial charge in [0.05, 0.1) is 14.1 Å². The Hall–Kier alpha value is -2.32. The van der Waals surface area contributed by atoms with Crippen molar-refractivity contribution < 1.29 is 32.1 Å². The van der Waals surface area contributed by atoms with Gasteiger partial charge < -0.3 is 0 Å². The molecule has 0 saturated carbocycles. The molecular weight excluding hydrogens is 267 g/mol. The number of fused-ring (bicyclic) bond motifs is 1. The quantitative estimate of drug-likeness (QED) is 0.590. The largest absolute Gasteiger partial charge is 0.501 e. The molecule has 0 aliphatic carbocycles. The van der Waals surface area contributed by atoms with Crippen molar-refractivity contribution in [2.45, 2.75) is 6.18 Å². The third kappa shape index (κ3) is 1.86. The first-order chi connectivity index (χ1) is 8.64. The van der Waals surface area contributed by atoms with Gasteiger partial charge in [-0.2, -0.15) is 32.4 Å². The van der Waals surface area contributed by atoms with Crippen molar-refractivity contribution in [3.63, 3.8) is 0 Å². The Morgan fingerprint density at radius 2 is 1.84 bits per heavy atom. The van der Waals surface area contributed by atoms with Gasteiger partial charge in [0, 0.05) is 6.08 Å². The van der Waals surface area contributed by atoms with E-state index in [1.54, 1.807) is 0 Å². The molecule has 2 rings (SSSR count). The highest BCUT2D eigenvalue weighted by Crippen LogP contribution is 2.30. The summed E-state index contributed by atoms with van der Waals surface area (Å²) in [6.45, 7) is 0. The molecule has 0 atom stereocenters. The van der Waals surface area contributed by atoms with Crippen LogP contribution in [0.3, 0.4) is 0 Å². The predicted molar refractivity (Wildman–Crippen MR) is 55.9 cm³/mol. The lowest BCUT2D eigenvalue weighted by atomic mass is 9.99. The zero-order chi connectivity index (χ0) is 14.5. The highest BCUT2D eigenvalue weighted by atomic mass is 19.4. The van der Waals surface area contributed by atoms with Crippen LogP contribution in [0.4, 0.5) is 18.0 Å². The van der Waals surface area contributed by atoms with E-state index in [1.165, 1.54) is 0 Å². The lowest BCUT2D eigenvalue weighted by Gasteiger charge is -2.23. The molecule has 0 N–H and O–H groups in total. The molecule has 9 heteroatoms. The maximum absolute atomic E-state index is 12.9. The van der Waals surface area contributed by atoms with Crippen LogP contribution in [0.1, 0.15) is 0 Å². The fourth-order valence-electron chi connectivity index (χ4n) is 1.79. The molecule has 2 aliphatic heterocycles. The van der Waals surface area contributed by atoms with Crippen LogP contribution in [0, 0.1) is 0 Å². The van der Waals surface area contributed by atoms with Crippen LogP contribution in [0.25, 0.3) is 0 Å². The molecule has 0 aromatic heterocycles. The molecule has 0 fully saturated rings.